The summed E-state index contributed by atoms with van der Waals surface area (Å²) in [7, 11) is 0. The van der Waals surface area contributed by atoms with Crippen molar-refractivity contribution in [2.75, 3.05) is 10.6 Å². The minimum absolute atomic E-state index is 0.0552. The van der Waals surface area contributed by atoms with Crippen LogP contribution in [-0.4, -0.2) is 10.8 Å². The van der Waals surface area contributed by atoms with Crippen molar-refractivity contribution in [1.29, 1.82) is 0 Å². The first-order chi connectivity index (χ1) is 12.8. The molecule has 2 aromatic carbocycles. The molecule has 0 aliphatic rings. The number of aryl methyl sites for hydroxylation is 2. The molecule has 0 spiro atoms. The van der Waals surface area contributed by atoms with Gasteiger partial charge in [-0.1, -0.05) is 6.07 Å². The van der Waals surface area contributed by atoms with Gasteiger partial charge in [-0.3, -0.25) is 14.9 Å². The van der Waals surface area contributed by atoms with Crippen LogP contribution in [0.15, 0.2) is 53.1 Å². The summed E-state index contributed by atoms with van der Waals surface area (Å²) in [5, 5.41) is 16.6. The van der Waals surface area contributed by atoms with Crippen LogP contribution in [0.25, 0.3) is 0 Å². The van der Waals surface area contributed by atoms with Crippen LogP contribution in [0, 0.1) is 29.8 Å². The maximum absolute atomic E-state index is 14.1. The number of carbonyl (C=O) groups excluding carboxylic acids is 1. The van der Waals surface area contributed by atoms with E-state index in [-0.39, 0.29) is 17.1 Å². The van der Waals surface area contributed by atoms with Crippen LogP contribution in [0.5, 0.6) is 0 Å². The van der Waals surface area contributed by atoms with E-state index in [2.05, 4.69) is 10.6 Å². The predicted octanol–water partition coefficient (Wildman–Crippen LogP) is 4.94. The third kappa shape index (κ3) is 3.95. The second-order valence-electron chi connectivity index (χ2n) is 5.94. The largest absolute Gasteiger partial charge is 0.469 e. The van der Waals surface area contributed by atoms with Crippen LogP contribution in [-0.2, 0) is 0 Å². The molecule has 0 saturated carbocycles. The first-order valence-electron chi connectivity index (χ1n) is 8.02. The summed E-state index contributed by atoms with van der Waals surface area (Å²) < 4.78 is 19.2. The van der Waals surface area contributed by atoms with Crippen LogP contribution in [0.4, 0.5) is 27.1 Å². The highest BCUT2D eigenvalue weighted by Crippen LogP contribution is 2.30. The minimum atomic E-state index is -0.631. The molecule has 0 bridgehead atoms. The third-order valence-electron chi connectivity index (χ3n) is 3.95. The summed E-state index contributed by atoms with van der Waals surface area (Å²) in [5.74, 6) is -0.732. The van der Waals surface area contributed by atoms with Gasteiger partial charge >= 0.3 is 0 Å². The van der Waals surface area contributed by atoms with Crippen LogP contribution in [0.1, 0.15) is 21.7 Å². The minimum Gasteiger partial charge on any atom is -0.469 e. The zero-order chi connectivity index (χ0) is 19.6. The summed E-state index contributed by atoms with van der Waals surface area (Å²) in [6, 6.07) is 10.2. The van der Waals surface area contributed by atoms with Gasteiger partial charge in [-0.15, -0.1) is 0 Å². The maximum Gasteiger partial charge on any atom is 0.292 e. The zero-order valence-corrected chi connectivity index (χ0v) is 14.6. The fraction of sp³-hybridized carbons (Fsp3) is 0.105. The Labute approximate surface area is 154 Å². The third-order valence-corrected chi connectivity index (χ3v) is 3.95. The lowest BCUT2D eigenvalue weighted by molar-refractivity contribution is -0.384. The number of hydrogen-bond donors (Lipinski definition) is 2. The summed E-state index contributed by atoms with van der Waals surface area (Å²) in [6.07, 6.45) is 1.37. The average molecular weight is 369 g/mol. The molecule has 3 aromatic rings. The Kier molecular flexibility index (Phi) is 4.89. The van der Waals surface area contributed by atoms with Crippen molar-refractivity contribution < 1.29 is 18.5 Å². The lowest BCUT2D eigenvalue weighted by Crippen LogP contribution is -2.13. The van der Waals surface area contributed by atoms with Crippen molar-refractivity contribution in [3.8, 4) is 0 Å². The fourth-order valence-corrected chi connectivity index (χ4v) is 2.56. The summed E-state index contributed by atoms with van der Waals surface area (Å²) in [6.45, 7) is 3.37. The SMILES string of the molecule is Cc1ccc(Nc2ccc(F)c(NC(=O)c3ccoc3C)c2)c([N+](=O)[O-])c1. The van der Waals surface area contributed by atoms with E-state index in [0.29, 0.717) is 17.0 Å². The monoisotopic (exact) mass is 369 g/mol. The Hall–Kier alpha value is -3.68. The van der Waals surface area contributed by atoms with Crippen molar-refractivity contribution in [3.05, 3.63) is 81.5 Å². The molecule has 0 radical (unpaired) electrons. The number of nitrogens with zero attached hydrogens (tertiary/aromatic N) is 1. The predicted molar refractivity (Wildman–Crippen MR) is 98.9 cm³/mol. The van der Waals surface area contributed by atoms with E-state index in [1.807, 2.05) is 0 Å². The molecule has 138 valence electrons. The van der Waals surface area contributed by atoms with Gasteiger partial charge in [-0.05, 0) is 49.7 Å². The topological polar surface area (TPSA) is 97.4 Å². The lowest BCUT2D eigenvalue weighted by atomic mass is 10.1. The van der Waals surface area contributed by atoms with Crippen LogP contribution in [0.3, 0.4) is 0 Å². The van der Waals surface area contributed by atoms with Gasteiger partial charge in [0.25, 0.3) is 11.6 Å². The number of halogens is 1. The number of benzene rings is 2. The molecule has 27 heavy (non-hydrogen) atoms. The molecule has 1 aromatic heterocycles. The molecule has 2 N–H and O–H groups in total. The number of rotatable bonds is 5. The Bertz CT molecular complexity index is 1030. The van der Waals surface area contributed by atoms with Crippen molar-refractivity contribution in [3.63, 3.8) is 0 Å². The number of furan rings is 1. The van der Waals surface area contributed by atoms with Crippen LogP contribution >= 0.6 is 0 Å². The highest BCUT2D eigenvalue weighted by molar-refractivity contribution is 6.05. The normalized spacial score (nSPS) is 10.5. The zero-order valence-electron chi connectivity index (χ0n) is 14.6. The molecule has 0 unspecified atom stereocenters. The van der Waals surface area contributed by atoms with E-state index in [1.54, 1.807) is 26.0 Å². The molecule has 1 amide bonds. The van der Waals surface area contributed by atoms with Crippen molar-refractivity contribution in [2.24, 2.45) is 0 Å². The Morgan fingerprint density at radius 2 is 1.89 bits per heavy atom. The molecule has 0 atom stereocenters. The smallest absolute Gasteiger partial charge is 0.292 e. The van der Waals surface area contributed by atoms with E-state index in [0.717, 1.165) is 5.56 Å². The molecule has 0 fully saturated rings. The Balaban J connectivity index is 1.87. The number of nitrogens with one attached hydrogen (secondary N) is 2. The molecule has 0 saturated heterocycles. The highest BCUT2D eigenvalue weighted by Gasteiger charge is 2.16. The quantitative estimate of drug-likeness (QED) is 0.490. The highest BCUT2D eigenvalue weighted by atomic mass is 19.1. The number of hydrogen-bond acceptors (Lipinski definition) is 5. The second-order valence-corrected chi connectivity index (χ2v) is 5.94. The van der Waals surface area contributed by atoms with Crippen molar-refractivity contribution >= 4 is 28.7 Å². The van der Waals surface area contributed by atoms with Crippen LogP contribution in [0.2, 0.25) is 0 Å². The number of nitro groups is 1. The molecule has 0 aliphatic heterocycles. The first kappa shape index (κ1) is 18.1. The summed E-state index contributed by atoms with van der Waals surface area (Å²) >= 11 is 0. The Morgan fingerprint density at radius 1 is 1.11 bits per heavy atom. The average Bonchev–Trinajstić information content (AvgIpc) is 3.05. The van der Waals surface area contributed by atoms with Gasteiger partial charge in [0.2, 0.25) is 0 Å². The lowest BCUT2D eigenvalue weighted by Gasteiger charge is -2.11. The molecule has 7 nitrogen and oxygen atoms in total. The van der Waals surface area contributed by atoms with Gasteiger partial charge in [-0.2, -0.15) is 0 Å². The van der Waals surface area contributed by atoms with E-state index < -0.39 is 16.6 Å². The van der Waals surface area contributed by atoms with E-state index >= 15 is 0 Å². The van der Waals surface area contributed by atoms with Gasteiger partial charge in [0.15, 0.2) is 0 Å². The van der Waals surface area contributed by atoms with E-state index in [1.165, 1.54) is 36.6 Å². The Morgan fingerprint density at radius 3 is 2.56 bits per heavy atom. The summed E-state index contributed by atoms with van der Waals surface area (Å²) in [4.78, 5) is 23.0. The van der Waals surface area contributed by atoms with Gasteiger partial charge in [-0.25, -0.2) is 4.39 Å². The molecular weight excluding hydrogens is 353 g/mol. The first-order valence-corrected chi connectivity index (χ1v) is 8.02. The maximum atomic E-state index is 14.1. The standard InChI is InChI=1S/C19H16FN3O4/c1-11-3-6-16(18(9-11)23(25)26)21-13-4-5-15(20)17(10-13)22-19(24)14-7-8-27-12(14)2/h3-10,21H,1-2H3,(H,22,24). The van der Waals surface area contributed by atoms with Gasteiger partial charge < -0.3 is 15.1 Å². The number of anilines is 3. The number of amides is 1. The van der Waals surface area contributed by atoms with Gasteiger partial charge in [0, 0.05) is 11.8 Å². The van der Waals surface area contributed by atoms with Crippen molar-refractivity contribution in [1.82, 2.24) is 0 Å². The van der Waals surface area contributed by atoms with Crippen molar-refractivity contribution in [2.45, 2.75) is 13.8 Å². The fourth-order valence-electron chi connectivity index (χ4n) is 2.56. The van der Waals surface area contributed by atoms with E-state index in [9.17, 15) is 19.3 Å². The second kappa shape index (κ2) is 7.28. The molecule has 1 heterocycles. The molecule has 3 rings (SSSR count). The summed E-state index contributed by atoms with van der Waals surface area (Å²) in [5.41, 5.74) is 1.54. The molecular formula is C19H16FN3O4. The van der Waals surface area contributed by atoms with Gasteiger partial charge in [0.1, 0.15) is 17.3 Å². The van der Waals surface area contributed by atoms with Crippen LogP contribution < -0.4 is 10.6 Å². The molecule has 8 heteroatoms. The van der Waals surface area contributed by atoms with E-state index in [4.69, 9.17) is 4.42 Å². The molecule has 0 aliphatic carbocycles. The van der Waals surface area contributed by atoms with Gasteiger partial charge in [0.05, 0.1) is 22.4 Å². The number of carbonyl (C=O) groups is 1. The number of nitro benzene ring substituents is 1.